The Kier molecular flexibility index (Phi) is 4.32. The molecule has 0 bridgehead atoms. The van der Waals surface area contributed by atoms with Crippen molar-refractivity contribution in [3.63, 3.8) is 0 Å². The lowest BCUT2D eigenvalue weighted by Crippen LogP contribution is -2.47. The number of nitrogens with zero attached hydrogens (tertiary/aromatic N) is 2. The van der Waals surface area contributed by atoms with E-state index in [0.29, 0.717) is 6.04 Å². The maximum absolute atomic E-state index is 4.30. The maximum Gasteiger partial charge on any atom is 0.0937 e. The molecule has 1 aliphatic heterocycles. The summed E-state index contributed by atoms with van der Waals surface area (Å²) in [5, 5.41) is 6.96. The third-order valence-corrected chi connectivity index (χ3v) is 4.18. The van der Waals surface area contributed by atoms with E-state index in [9.17, 15) is 0 Å². The summed E-state index contributed by atoms with van der Waals surface area (Å²) in [6.45, 7) is 5.84. The number of likely N-dealkylation sites (tertiary alicyclic amines) is 1. The zero-order valence-electron chi connectivity index (χ0n) is 10.1. The smallest absolute Gasteiger partial charge is 0.0937 e. The highest BCUT2D eigenvalue weighted by Gasteiger charge is 2.23. The number of piperidine rings is 1. The molecule has 90 valence electrons. The predicted molar refractivity (Wildman–Crippen MR) is 68.9 cm³/mol. The maximum atomic E-state index is 4.30. The highest BCUT2D eigenvalue weighted by Crippen LogP contribution is 2.15. The van der Waals surface area contributed by atoms with E-state index in [-0.39, 0.29) is 0 Å². The van der Waals surface area contributed by atoms with Crippen LogP contribution in [0, 0.1) is 5.92 Å². The Labute approximate surface area is 102 Å². The second kappa shape index (κ2) is 5.75. The lowest BCUT2D eigenvalue weighted by molar-refractivity contribution is 0.176. The van der Waals surface area contributed by atoms with Gasteiger partial charge in [0.05, 0.1) is 5.01 Å². The summed E-state index contributed by atoms with van der Waals surface area (Å²) in [6.07, 6.45) is 4.23. The molecule has 0 saturated carbocycles. The molecule has 0 amide bonds. The predicted octanol–water partition coefficient (Wildman–Crippen LogP) is 1.62. The Morgan fingerprint density at radius 1 is 1.62 bits per heavy atom. The number of nitrogens with one attached hydrogen (secondary N) is 1. The van der Waals surface area contributed by atoms with E-state index in [2.05, 4.69) is 29.2 Å². The van der Waals surface area contributed by atoms with Crippen LogP contribution in [-0.2, 0) is 6.42 Å². The van der Waals surface area contributed by atoms with Gasteiger partial charge in [-0.15, -0.1) is 11.3 Å². The van der Waals surface area contributed by atoms with Gasteiger partial charge in [0.25, 0.3) is 0 Å². The van der Waals surface area contributed by atoms with Crippen LogP contribution in [0.2, 0.25) is 0 Å². The SMILES string of the molecule is CC1CN(C)CCC1NCCc1nccs1. The molecular weight excluding hydrogens is 218 g/mol. The fourth-order valence-electron chi connectivity index (χ4n) is 2.40. The van der Waals surface area contributed by atoms with Crippen LogP contribution in [0.5, 0.6) is 0 Å². The van der Waals surface area contributed by atoms with E-state index in [0.717, 1.165) is 18.9 Å². The standard InChI is InChI=1S/C12H21N3S/c1-10-9-15(2)7-4-11(10)13-5-3-12-14-6-8-16-12/h6,8,10-11,13H,3-5,7,9H2,1-2H3. The molecule has 0 aliphatic carbocycles. The van der Waals surface area contributed by atoms with Gasteiger partial charge in [-0.3, -0.25) is 0 Å². The number of hydrogen-bond acceptors (Lipinski definition) is 4. The summed E-state index contributed by atoms with van der Waals surface area (Å²) in [5.74, 6) is 0.759. The van der Waals surface area contributed by atoms with Crippen LogP contribution in [0.1, 0.15) is 18.4 Å². The molecule has 0 spiro atoms. The lowest BCUT2D eigenvalue weighted by atomic mass is 9.94. The van der Waals surface area contributed by atoms with Gasteiger partial charge in [-0.2, -0.15) is 0 Å². The Morgan fingerprint density at radius 2 is 2.50 bits per heavy atom. The van der Waals surface area contributed by atoms with Gasteiger partial charge in [0.2, 0.25) is 0 Å². The van der Waals surface area contributed by atoms with Crippen molar-refractivity contribution in [3.05, 3.63) is 16.6 Å². The van der Waals surface area contributed by atoms with Crippen LogP contribution in [0.3, 0.4) is 0 Å². The Morgan fingerprint density at radius 3 is 3.19 bits per heavy atom. The van der Waals surface area contributed by atoms with E-state index >= 15 is 0 Å². The molecule has 0 radical (unpaired) electrons. The highest BCUT2D eigenvalue weighted by molar-refractivity contribution is 7.09. The van der Waals surface area contributed by atoms with Crippen molar-refractivity contribution < 1.29 is 0 Å². The van der Waals surface area contributed by atoms with Crippen LogP contribution >= 0.6 is 11.3 Å². The van der Waals surface area contributed by atoms with Crippen molar-refractivity contribution in [2.45, 2.75) is 25.8 Å². The molecule has 2 rings (SSSR count). The normalized spacial score (nSPS) is 27.1. The van der Waals surface area contributed by atoms with Gasteiger partial charge < -0.3 is 10.2 Å². The highest BCUT2D eigenvalue weighted by atomic mass is 32.1. The van der Waals surface area contributed by atoms with E-state index in [1.807, 2.05) is 11.6 Å². The summed E-state index contributed by atoms with van der Waals surface area (Å²) >= 11 is 1.75. The molecule has 2 atom stereocenters. The minimum Gasteiger partial charge on any atom is -0.313 e. The average Bonchev–Trinajstić information content (AvgIpc) is 2.74. The van der Waals surface area contributed by atoms with Crippen molar-refractivity contribution in [2.24, 2.45) is 5.92 Å². The van der Waals surface area contributed by atoms with Crippen LogP contribution in [0.4, 0.5) is 0 Å². The van der Waals surface area contributed by atoms with E-state index in [4.69, 9.17) is 0 Å². The molecule has 4 heteroatoms. The van der Waals surface area contributed by atoms with Crippen LogP contribution in [0.15, 0.2) is 11.6 Å². The first-order valence-corrected chi connectivity index (χ1v) is 6.94. The van der Waals surface area contributed by atoms with Crippen molar-refractivity contribution in [1.82, 2.24) is 15.2 Å². The molecule has 0 aromatic carbocycles. The van der Waals surface area contributed by atoms with Crippen molar-refractivity contribution >= 4 is 11.3 Å². The molecule has 1 aliphatic rings. The summed E-state index contributed by atoms with van der Waals surface area (Å²) < 4.78 is 0. The molecule has 2 heterocycles. The minimum absolute atomic E-state index is 0.691. The van der Waals surface area contributed by atoms with Gasteiger partial charge in [-0.05, 0) is 25.9 Å². The van der Waals surface area contributed by atoms with Gasteiger partial charge >= 0.3 is 0 Å². The van der Waals surface area contributed by atoms with Crippen molar-refractivity contribution in [3.8, 4) is 0 Å². The van der Waals surface area contributed by atoms with Crippen LogP contribution in [0.25, 0.3) is 0 Å². The number of hydrogen-bond donors (Lipinski definition) is 1. The first-order valence-electron chi connectivity index (χ1n) is 6.06. The fourth-order valence-corrected chi connectivity index (χ4v) is 3.02. The fraction of sp³-hybridized carbons (Fsp3) is 0.750. The second-order valence-corrected chi connectivity index (χ2v) is 5.74. The first kappa shape index (κ1) is 12.0. The van der Waals surface area contributed by atoms with Crippen molar-refractivity contribution in [2.75, 3.05) is 26.7 Å². The number of rotatable bonds is 4. The molecule has 1 aromatic heterocycles. The van der Waals surface area contributed by atoms with Gasteiger partial charge in [0.15, 0.2) is 0 Å². The molecule has 1 fully saturated rings. The summed E-state index contributed by atoms with van der Waals surface area (Å²) in [5.41, 5.74) is 0. The molecule has 1 saturated heterocycles. The van der Waals surface area contributed by atoms with Gasteiger partial charge in [0, 0.05) is 37.1 Å². The minimum atomic E-state index is 0.691. The molecule has 1 aromatic rings. The number of thiazole rings is 1. The van der Waals surface area contributed by atoms with E-state index in [1.54, 1.807) is 11.3 Å². The molecule has 3 nitrogen and oxygen atoms in total. The molecule has 16 heavy (non-hydrogen) atoms. The Bertz CT molecular complexity index is 299. The summed E-state index contributed by atoms with van der Waals surface area (Å²) in [7, 11) is 2.21. The Balaban J connectivity index is 1.69. The summed E-state index contributed by atoms with van der Waals surface area (Å²) in [4.78, 5) is 6.72. The summed E-state index contributed by atoms with van der Waals surface area (Å²) in [6, 6.07) is 0.691. The van der Waals surface area contributed by atoms with Gasteiger partial charge in [-0.1, -0.05) is 6.92 Å². The Hall–Kier alpha value is -0.450. The number of aromatic nitrogens is 1. The quantitative estimate of drug-likeness (QED) is 0.865. The second-order valence-electron chi connectivity index (χ2n) is 4.76. The van der Waals surface area contributed by atoms with Crippen LogP contribution < -0.4 is 5.32 Å². The zero-order chi connectivity index (χ0) is 11.4. The third-order valence-electron chi connectivity index (χ3n) is 3.34. The molecule has 1 N–H and O–H groups in total. The molecule has 2 unspecified atom stereocenters. The zero-order valence-corrected chi connectivity index (χ0v) is 11.0. The van der Waals surface area contributed by atoms with Gasteiger partial charge in [-0.25, -0.2) is 4.98 Å². The topological polar surface area (TPSA) is 28.2 Å². The first-order chi connectivity index (χ1) is 7.75. The molecular formula is C12H21N3S. The monoisotopic (exact) mass is 239 g/mol. The van der Waals surface area contributed by atoms with E-state index in [1.165, 1.54) is 24.5 Å². The average molecular weight is 239 g/mol. The van der Waals surface area contributed by atoms with Crippen LogP contribution in [-0.4, -0.2) is 42.6 Å². The largest absolute Gasteiger partial charge is 0.313 e. The van der Waals surface area contributed by atoms with E-state index < -0.39 is 0 Å². The lowest BCUT2D eigenvalue weighted by Gasteiger charge is -2.35. The van der Waals surface area contributed by atoms with Gasteiger partial charge in [0.1, 0.15) is 0 Å². The third kappa shape index (κ3) is 3.27. The van der Waals surface area contributed by atoms with Crippen molar-refractivity contribution in [1.29, 1.82) is 0 Å².